The van der Waals surface area contributed by atoms with Gasteiger partial charge in [0.25, 0.3) is 6.61 Å². The highest BCUT2D eigenvalue weighted by Gasteiger charge is 2.32. The Bertz CT molecular complexity index is 341. The van der Waals surface area contributed by atoms with Crippen molar-refractivity contribution < 1.29 is 4.74 Å². The molecule has 6 heteroatoms. The molecule has 0 fully saturated rings. The first-order valence-corrected chi connectivity index (χ1v) is 6.20. The summed E-state index contributed by atoms with van der Waals surface area (Å²) >= 11 is 0. The molecule has 0 aromatic rings. The van der Waals surface area contributed by atoms with E-state index in [0.717, 1.165) is 32.4 Å². The van der Waals surface area contributed by atoms with Crippen LogP contribution < -0.4 is 16.1 Å². The minimum Gasteiger partial charge on any atom is -0.362 e. The fourth-order valence-electron chi connectivity index (χ4n) is 2.51. The Labute approximate surface area is 101 Å². The molecule has 2 bridgehead atoms. The summed E-state index contributed by atoms with van der Waals surface area (Å²) < 4.78 is 5.48. The van der Waals surface area contributed by atoms with Crippen LogP contribution in [0.2, 0.25) is 0 Å². The van der Waals surface area contributed by atoms with Gasteiger partial charge in [-0.2, -0.15) is 9.85 Å². The summed E-state index contributed by atoms with van der Waals surface area (Å²) in [7, 11) is 0. The van der Waals surface area contributed by atoms with E-state index in [4.69, 9.17) is 4.74 Å². The van der Waals surface area contributed by atoms with E-state index in [2.05, 4.69) is 26.4 Å². The zero-order valence-corrected chi connectivity index (χ0v) is 9.78. The second-order valence-corrected chi connectivity index (χ2v) is 4.61. The highest BCUT2D eigenvalue weighted by molar-refractivity contribution is 5.23. The molecule has 0 spiro atoms. The van der Waals surface area contributed by atoms with Crippen molar-refractivity contribution in [3.05, 3.63) is 17.9 Å². The van der Waals surface area contributed by atoms with Gasteiger partial charge in [0.2, 0.25) is 6.04 Å². The molecule has 0 saturated carbocycles. The maximum Gasteiger partial charge on any atom is 0.255 e. The van der Waals surface area contributed by atoms with Gasteiger partial charge in [0.15, 0.2) is 6.73 Å². The van der Waals surface area contributed by atoms with Crippen molar-refractivity contribution in [2.75, 3.05) is 19.8 Å². The van der Waals surface area contributed by atoms with E-state index < -0.39 is 0 Å². The second-order valence-electron chi connectivity index (χ2n) is 4.61. The van der Waals surface area contributed by atoms with Gasteiger partial charge in [-0.15, -0.1) is 0 Å². The van der Waals surface area contributed by atoms with Gasteiger partial charge in [0, 0.05) is 18.7 Å². The van der Waals surface area contributed by atoms with Gasteiger partial charge < -0.3 is 10.6 Å². The monoisotopic (exact) mass is 236 g/mol. The van der Waals surface area contributed by atoms with Crippen molar-refractivity contribution in [3.63, 3.8) is 0 Å². The smallest absolute Gasteiger partial charge is 0.255 e. The fraction of sp³-hybridized carbons (Fsp3) is 0.727. The number of ether oxygens (including phenoxy) is 1. The van der Waals surface area contributed by atoms with Crippen molar-refractivity contribution in [3.8, 4) is 0 Å². The number of rotatable bonds is 0. The summed E-state index contributed by atoms with van der Waals surface area (Å²) in [5.74, 6) is 0. The van der Waals surface area contributed by atoms with Gasteiger partial charge in [0.05, 0.1) is 0 Å². The van der Waals surface area contributed by atoms with Gasteiger partial charge in [-0.3, -0.25) is 0 Å². The lowest BCUT2D eigenvalue weighted by molar-refractivity contribution is 0.156. The molecule has 0 radical (unpaired) electrons. The van der Waals surface area contributed by atoms with Crippen LogP contribution in [0.5, 0.6) is 0 Å². The minimum absolute atomic E-state index is 0.161. The molecule has 0 aromatic heterocycles. The maximum absolute atomic E-state index is 5.48. The predicted octanol–water partition coefficient (Wildman–Crippen LogP) is 0.461. The van der Waals surface area contributed by atoms with Crippen LogP contribution in [0.15, 0.2) is 21.6 Å². The molecule has 6 nitrogen and oxygen atoms in total. The Morgan fingerprint density at radius 2 is 2.41 bits per heavy atom. The largest absolute Gasteiger partial charge is 0.362 e. The highest BCUT2D eigenvalue weighted by Crippen LogP contribution is 2.24. The van der Waals surface area contributed by atoms with Crippen LogP contribution in [0.4, 0.5) is 0 Å². The molecular weight excluding hydrogens is 218 g/mol. The number of nitrogens with zero attached hydrogens (tertiary/aromatic N) is 2. The molecule has 0 amide bonds. The molecule has 3 aliphatic heterocycles. The van der Waals surface area contributed by atoms with Gasteiger partial charge in [-0.25, -0.2) is 5.43 Å². The Hall–Kier alpha value is -1.27. The first kappa shape index (κ1) is 10.9. The molecule has 92 valence electrons. The Balaban J connectivity index is 1.89. The first-order valence-electron chi connectivity index (χ1n) is 6.20. The van der Waals surface area contributed by atoms with E-state index in [1.807, 2.05) is 6.61 Å². The average molecular weight is 236 g/mol. The topological polar surface area (TPSA) is 70.0 Å². The molecule has 3 rings (SSSR count). The van der Waals surface area contributed by atoms with Crippen LogP contribution in [0.1, 0.15) is 19.3 Å². The first-order chi connectivity index (χ1) is 8.43. The summed E-state index contributed by atoms with van der Waals surface area (Å²) in [6.07, 6.45) is 3.14. The number of allylic oxidation sites excluding steroid dienone is 1. The lowest BCUT2D eigenvalue weighted by Crippen LogP contribution is -2.35. The highest BCUT2D eigenvalue weighted by atomic mass is 16.5. The van der Waals surface area contributed by atoms with Crippen molar-refractivity contribution in [1.82, 2.24) is 16.1 Å². The summed E-state index contributed by atoms with van der Waals surface area (Å²) in [6, 6.07) is 0.335. The summed E-state index contributed by atoms with van der Waals surface area (Å²) in [4.78, 5) is 0. The van der Waals surface area contributed by atoms with Crippen molar-refractivity contribution in [2.45, 2.75) is 31.3 Å². The maximum atomic E-state index is 5.48. The van der Waals surface area contributed by atoms with Crippen LogP contribution in [-0.4, -0.2) is 31.9 Å². The van der Waals surface area contributed by atoms with E-state index >= 15 is 0 Å². The molecule has 17 heavy (non-hydrogen) atoms. The number of hydrogen-bond acceptors (Lipinski definition) is 6. The van der Waals surface area contributed by atoms with Gasteiger partial charge in [-0.05, 0) is 25.0 Å². The van der Waals surface area contributed by atoms with Crippen LogP contribution >= 0.6 is 0 Å². The molecule has 3 N–H and O–H groups in total. The Morgan fingerprint density at radius 1 is 1.41 bits per heavy atom. The van der Waals surface area contributed by atoms with Gasteiger partial charge in [0.1, 0.15) is 6.04 Å². The molecule has 2 atom stereocenters. The molecule has 0 aliphatic carbocycles. The van der Waals surface area contributed by atoms with Crippen molar-refractivity contribution >= 4 is 0 Å². The van der Waals surface area contributed by atoms with Crippen LogP contribution in [0.3, 0.4) is 0 Å². The standard InChI is InChI=1S/C11H18N5O/c1-2-10-9(5-12-3-1)11-4-8(14-16-15-11)6-17-7-13-10/h6,8,11-13H,1-5,7H2,(H,14,15)/q+1. The minimum atomic E-state index is 0.161. The normalized spacial score (nSPS) is 32.9. The molecular formula is C11H18N5O+. The quantitative estimate of drug-likeness (QED) is 0.534. The van der Waals surface area contributed by atoms with Gasteiger partial charge in [-0.1, -0.05) is 5.22 Å². The zero-order chi connectivity index (χ0) is 11.5. The predicted molar refractivity (Wildman–Crippen MR) is 62.7 cm³/mol. The number of nitrogens with one attached hydrogen (secondary N) is 3. The molecule has 0 saturated heterocycles. The third-order valence-corrected chi connectivity index (χ3v) is 3.41. The van der Waals surface area contributed by atoms with E-state index in [1.165, 1.54) is 11.3 Å². The van der Waals surface area contributed by atoms with E-state index in [1.54, 1.807) is 0 Å². The molecule has 3 heterocycles. The molecule has 0 aromatic carbocycles. The average Bonchev–Trinajstić information content (AvgIpc) is 2.57. The van der Waals surface area contributed by atoms with Crippen molar-refractivity contribution in [1.29, 1.82) is 0 Å². The van der Waals surface area contributed by atoms with Crippen LogP contribution in [0, 0.1) is 6.61 Å². The SMILES string of the molecule is [CH+]1OCNC2=C(CNCCC2)C2CC1NN=N2. The Kier molecular flexibility index (Phi) is 3.15. The van der Waals surface area contributed by atoms with Crippen molar-refractivity contribution in [2.24, 2.45) is 10.3 Å². The lowest BCUT2D eigenvalue weighted by atomic mass is 9.97. The third kappa shape index (κ3) is 2.37. The summed E-state index contributed by atoms with van der Waals surface area (Å²) in [5, 5.41) is 15.1. The lowest BCUT2D eigenvalue weighted by Gasteiger charge is -2.21. The summed E-state index contributed by atoms with van der Waals surface area (Å²) in [6.45, 7) is 4.31. The Morgan fingerprint density at radius 3 is 3.41 bits per heavy atom. The zero-order valence-electron chi connectivity index (χ0n) is 9.78. The number of hydrogen-bond donors (Lipinski definition) is 3. The van der Waals surface area contributed by atoms with Crippen LogP contribution in [0.25, 0.3) is 0 Å². The summed E-state index contributed by atoms with van der Waals surface area (Å²) in [5.41, 5.74) is 5.60. The van der Waals surface area contributed by atoms with E-state index in [0.29, 0.717) is 6.73 Å². The third-order valence-electron chi connectivity index (χ3n) is 3.41. The van der Waals surface area contributed by atoms with E-state index in [9.17, 15) is 0 Å². The molecule has 3 aliphatic rings. The molecule has 2 unspecified atom stereocenters. The second kappa shape index (κ2) is 4.93. The van der Waals surface area contributed by atoms with Crippen LogP contribution in [-0.2, 0) is 4.74 Å². The van der Waals surface area contributed by atoms with E-state index in [-0.39, 0.29) is 12.1 Å². The number of fused-ring (bicyclic) bond motifs is 3. The fourth-order valence-corrected chi connectivity index (χ4v) is 2.51. The van der Waals surface area contributed by atoms with Gasteiger partial charge >= 0.3 is 0 Å².